The number of aryl methyl sites for hydroxylation is 2. The molecule has 0 radical (unpaired) electrons. The summed E-state index contributed by atoms with van der Waals surface area (Å²) in [5.41, 5.74) is 8.47. The Balaban J connectivity index is 0.000000152. The maximum absolute atomic E-state index is 10.3. The van der Waals surface area contributed by atoms with Gasteiger partial charge in [-0.1, -0.05) is 53.6 Å². The second kappa shape index (κ2) is 12.6. The van der Waals surface area contributed by atoms with Gasteiger partial charge in [0.25, 0.3) is 0 Å². The van der Waals surface area contributed by atoms with E-state index in [0.717, 1.165) is 70.8 Å². The summed E-state index contributed by atoms with van der Waals surface area (Å²) in [6.45, 7) is 4.87. The van der Waals surface area contributed by atoms with Gasteiger partial charge in [0.1, 0.15) is 40.3 Å². The van der Waals surface area contributed by atoms with Gasteiger partial charge in [-0.25, -0.2) is 9.97 Å². The molecule has 7 aromatic rings. The third kappa shape index (κ3) is 5.62. The number of rotatable bonds is 4. The molecule has 240 valence electrons. The largest absolute Gasteiger partial charge is 0.507 e. The van der Waals surface area contributed by atoms with Crippen molar-refractivity contribution in [3.05, 3.63) is 126 Å². The maximum Gasteiger partial charge on any atom is 0.149 e. The highest BCUT2D eigenvalue weighted by Crippen LogP contribution is 2.40. The van der Waals surface area contributed by atoms with Crippen LogP contribution in [-0.4, -0.2) is 39.4 Å². The SMILES string of the molecule is Cc1ccc(O)c(-c2nc(-c3ccccc3O)c3ccccn23)c1.Cc1ccc(O)c(-c2nc(-c3ccccc3O)c3n2CCCC3)c1. The zero-order chi connectivity index (χ0) is 33.4. The first kappa shape index (κ1) is 30.6. The van der Waals surface area contributed by atoms with E-state index in [4.69, 9.17) is 9.97 Å². The van der Waals surface area contributed by atoms with E-state index >= 15 is 0 Å². The monoisotopic (exact) mass is 636 g/mol. The first-order valence-electron chi connectivity index (χ1n) is 16.0. The summed E-state index contributed by atoms with van der Waals surface area (Å²) in [6, 6.07) is 31.3. The van der Waals surface area contributed by atoms with Gasteiger partial charge >= 0.3 is 0 Å². The van der Waals surface area contributed by atoms with Crippen molar-refractivity contribution < 1.29 is 20.4 Å². The van der Waals surface area contributed by atoms with Crippen molar-refractivity contribution in [2.24, 2.45) is 0 Å². The normalized spacial score (nSPS) is 12.4. The van der Waals surface area contributed by atoms with Crippen molar-refractivity contribution in [1.82, 2.24) is 18.9 Å². The molecule has 0 amide bonds. The summed E-state index contributed by atoms with van der Waals surface area (Å²) in [7, 11) is 0. The van der Waals surface area contributed by atoms with Gasteiger partial charge in [0.05, 0.1) is 22.3 Å². The molecule has 0 atom stereocenters. The Morgan fingerprint density at radius 1 is 0.542 bits per heavy atom. The molecule has 8 nitrogen and oxygen atoms in total. The number of aromatic nitrogens is 4. The van der Waals surface area contributed by atoms with Gasteiger partial charge in [-0.2, -0.15) is 0 Å². The molecule has 4 N–H and O–H groups in total. The van der Waals surface area contributed by atoms with Crippen LogP contribution in [-0.2, 0) is 13.0 Å². The fraction of sp³-hybridized carbons (Fsp3) is 0.150. The predicted octanol–water partition coefficient (Wildman–Crippen LogP) is 8.66. The summed E-state index contributed by atoms with van der Waals surface area (Å²) in [5, 5.41) is 41.0. The fourth-order valence-corrected chi connectivity index (χ4v) is 6.40. The number of phenolic OH excluding ortho intramolecular Hbond substituents is 4. The quantitative estimate of drug-likeness (QED) is 0.154. The molecule has 8 heteroatoms. The number of imidazole rings is 2. The molecule has 0 saturated heterocycles. The van der Waals surface area contributed by atoms with Crippen LogP contribution in [0, 0.1) is 13.8 Å². The van der Waals surface area contributed by atoms with Crippen molar-refractivity contribution in [3.8, 4) is 68.3 Å². The highest BCUT2D eigenvalue weighted by atomic mass is 16.3. The highest BCUT2D eigenvalue weighted by Gasteiger charge is 2.24. The van der Waals surface area contributed by atoms with Crippen LogP contribution in [0.5, 0.6) is 23.0 Å². The van der Waals surface area contributed by atoms with Gasteiger partial charge in [0.15, 0.2) is 0 Å². The average Bonchev–Trinajstić information content (AvgIpc) is 3.67. The lowest BCUT2D eigenvalue weighted by Crippen LogP contribution is -2.11. The van der Waals surface area contributed by atoms with Crippen molar-refractivity contribution >= 4 is 5.52 Å². The molecule has 0 aliphatic carbocycles. The van der Waals surface area contributed by atoms with E-state index in [1.807, 2.05) is 97.2 Å². The van der Waals surface area contributed by atoms with Gasteiger partial charge in [-0.3, -0.25) is 4.40 Å². The number of nitrogens with zero attached hydrogens (tertiary/aromatic N) is 4. The summed E-state index contributed by atoms with van der Waals surface area (Å²) in [5.74, 6) is 2.27. The first-order chi connectivity index (χ1) is 23.3. The van der Waals surface area contributed by atoms with Crippen LogP contribution in [0.3, 0.4) is 0 Å². The maximum atomic E-state index is 10.3. The van der Waals surface area contributed by atoms with E-state index in [1.54, 1.807) is 30.3 Å². The van der Waals surface area contributed by atoms with E-state index in [2.05, 4.69) is 4.57 Å². The van der Waals surface area contributed by atoms with Crippen molar-refractivity contribution in [3.63, 3.8) is 0 Å². The van der Waals surface area contributed by atoms with Gasteiger partial charge in [-0.15, -0.1) is 0 Å². The summed E-state index contributed by atoms with van der Waals surface area (Å²) in [4.78, 5) is 9.57. The second-order valence-corrected chi connectivity index (χ2v) is 12.2. The molecule has 0 unspecified atom stereocenters. The van der Waals surface area contributed by atoms with E-state index in [0.29, 0.717) is 22.6 Å². The Morgan fingerprint density at radius 3 is 1.73 bits per heavy atom. The Kier molecular flexibility index (Phi) is 8.07. The molecule has 0 spiro atoms. The topological polar surface area (TPSA) is 116 Å². The third-order valence-electron chi connectivity index (χ3n) is 8.77. The number of aromatic hydroxyl groups is 4. The standard InChI is InChI=1S/C20H20N2O2.C20H16N2O2/c2*1-13-9-10-18(24)15(12-13)20-21-19(14-6-2-3-8-17(14)23)16-7-4-5-11-22(16)20/h2-3,6,8-10,12,23-24H,4-5,7,11H2,1H3;2-12,23-24H,1H3. The minimum absolute atomic E-state index is 0.181. The highest BCUT2D eigenvalue weighted by molar-refractivity contribution is 5.85. The molecule has 0 saturated carbocycles. The first-order valence-corrected chi connectivity index (χ1v) is 16.0. The van der Waals surface area contributed by atoms with E-state index in [1.165, 1.54) is 0 Å². The van der Waals surface area contributed by atoms with Crippen LogP contribution in [0.1, 0.15) is 29.7 Å². The number of para-hydroxylation sites is 2. The zero-order valence-electron chi connectivity index (χ0n) is 26.8. The van der Waals surface area contributed by atoms with Crippen LogP contribution in [0.2, 0.25) is 0 Å². The summed E-state index contributed by atoms with van der Waals surface area (Å²) in [6.07, 6.45) is 5.06. The van der Waals surface area contributed by atoms with Gasteiger partial charge < -0.3 is 25.0 Å². The minimum atomic E-state index is 0.181. The number of hydrogen-bond acceptors (Lipinski definition) is 6. The lowest BCUT2D eigenvalue weighted by Gasteiger charge is -2.18. The van der Waals surface area contributed by atoms with E-state index < -0.39 is 0 Å². The molecule has 48 heavy (non-hydrogen) atoms. The van der Waals surface area contributed by atoms with E-state index in [-0.39, 0.29) is 23.0 Å². The molecule has 1 aliphatic rings. The smallest absolute Gasteiger partial charge is 0.149 e. The Hall–Kier alpha value is -6.02. The van der Waals surface area contributed by atoms with Crippen LogP contribution >= 0.6 is 0 Å². The Bertz CT molecular complexity index is 2280. The third-order valence-corrected chi connectivity index (χ3v) is 8.77. The van der Waals surface area contributed by atoms with Gasteiger partial charge in [0.2, 0.25) is 0 Å². The minimum Gasteiger partial charge on any atom is -0.507 e. The number of fused-ring (bicyclic) bond motifs is 2. The molecule has 4 heterocycles. The van der Waals surface area contributed by atoms with Gasteiger partial charge in [0, 0.05) is 29.6 Å². The second-order valence-electron chi connectivity index (χ2n) is 12.2. The van der Waals surface area contributed by atoms with Crippen molar-refractivity contribution in [2.75, 3.05) is 0 Å². The number of hydrogen-bond donors (Lipinski definition) is 4. The predicted molar refractivity (Wildman–Crippen MR) is 188 cm³/mol. The average molecular weight is 637 g/mol. The lowest BCUT2D eigenvalue weighted by atomic mass is 10.0. The summed E-state index contributed by atoms with van der Waals surface area (Å²) < 4.78 is 4.12. The summed E-state index contributed by atoms with van der Waals surface area (Å²) >= 11 is 0. The van der Waals surface area contributed by atoms with Crippen LogP contribution in [0.15, 0.2) is 109 Å². The molecule has 4 aromatic carbocycles. The number of benzene rings is 4. The van der Waals surface area contributed by atoms with Crippen LogP contribution in [0.4, 0.5) is 0 Å². The number of phenols is 4. The molecule has 8 rings (SSSR count). The van der Waals surface area contributed by atoms with Crippen molar-refractivity contribution in [1.29, 1.82) is 0 Å². The molecule has 1 aliphatic heterocycles. The number of pyridine rings is 1. The van der Waals surface area contributed by atoms with Gasteiger partial charge in [-0.05, 0) is 93.8 Å². The van der Waals surface area contributed by atoms with Crippen LogP contribution in [0.25, 0.3) is 50.8 Å². The molecular formula is C40H36N4O4. The Labute approximate surface area is 278 Å². The van der Waals surface area contributed by atoms with Crippen LogP contribution < -0.4 is 0 Å². The van der Waals surface area contributed by atoms with E-state index in [9.17, 15) is 20.4 Å². The molecule has 3 aromatic heterocycles. The lowest BCUT2D eigenvalue weighted by molar-refractivity contribution is 0.474. The molecular weight excluding hydrogens is 600 g/mol. The molecule has 0 fully saturated rings. The zero-order valence-corrected chi connectivity index (χ0v) is 26.8. The fourth-order valence-electron chi connectivity index (χ4n) is 6.40. The van der Waals surface area contributed by atoms with Crippen molar-refractivity contribution in [2.45, 2.75) is 39.7 Å². The molecule has 0 bridgehead atoms. The Morgan fingerprint density at radius 2 is 1.08 bits per heavy atom.